The molecule has 1 saturated carbocycles. The lowest BCUT2D eigenvalue weighted by Gasteiger charge is -2.54. The van der Waals surface area contributed by atoms with Crippen molar-refractivity contribution in [2.45, 2.75) is 76.1 Å². The number of ether oxygens (including phenoxy) is 1. The third-order valence-electron chi connectivity index (χ3n) is 6.07. The second-order valence-corrected chi connectivity index (χ2v) is 6.66. The molecule has 2 heterocycles. The number of nitrogens with two attached hydrogens (primary N) is 1. The van der Waals surface area contributed by atoms with Crippen LogP contribution in [0.1, 0.15) is 58.3 Å². The number of aliphatic hydroxyl groups is 1. The summed E-state index contributed by atoms with van der Waals surface area (Å²) in [5.74, 6) is 0.415. The zero-order valence-electron chi connectivity index (χ0n) is 11.5. The lowest BCUT2D eigenvalue weighted by molar-refractivity contribution is -0.165. The molecule has 3 N–H and O–H groups in total. The van der Waals surface area contributed by atoms with E-state index in [2.05, 4.69) is 6.92 Å². The van der Waals surface area contributed by atoms with Crippen LogP contribution in [0.15, 0.2) is 0 Å². The molecular weight excluding hydrogens is 226 g/mol. The molecule has 3 fully saturated rings. The van der Waals surface area contributed by atoms with Crippen molar-refractivity contribution in [2.24, 2.45) is 17.1 Å². The SMILES string of the molecule is CCC1CCCCC1(O)C1(CN)CC2CCC1O2. The molecule has 5 atom stereocenters. The summed E-state index contributed by atoms with van der Waals surface area (Å²) in [4.78, 5) is 0. The van der Waals surface area contributed by atoms with Gasteiger partial charge < -0.3 is 15.6 Å². The molecule has 3 heteroatoms. The fourth-order valence-electron chi connectivity index (χ4n) is 5.07. The van der Waals surface area contributed by atoms with Crippen LogP contribution in [0, 0.1) is 11.3 Å². The molecule has 5 unspecified atom stereocenters. The number of hydrogen-bond acceptors (Lipinski definition) is 3. The van der Waals surface area contributed by atoms with E-state index >= 15 is 0 Å². The van der Waals surface area contributed by atoms with Gasteiger partial charge in [0.1, 0.15) is 0 Å². The van der Waals surface area contributed by atoms with Crippen LogP contribution in [0.2, 0.25) is 0 Å². The van der Waals surface area contributed by atoms with Crippen molar-refractivity contribution in [1.82, 2.24) is 0 Å². The Morgan fingerprint density at radius 1 is 1.28 bits per heavy atom. The Bertz CT molecular complexity index is 322. The van der Waals surface area contributed by atoms with Crippen molar-refractivity contribution in [1.29, 1.82) is 0 Å². The van der Waals surface area contributed by atoms with Crippen molar-refractivity contribution in [2.75, 3.05) is 6.54 Å². The van der Waals surface area contributed by atoms with E-state index in [4.69, 9.17) is 10.5 Å². The van der Waals surface area contributed by atoms with Crippen molar-refractivity contribution < 1.29 is 9.84 Å². The van der Waals surface area contributed by atoms with Crippen LogP contribution in [0.5, 0.6) is 0 Å². The van der Waals surface area contributed by atoms with Gasteiger partial charge in [0.05, 0.1) is 17.8 Å². The van der Waals surface area contributed by atoms with E-state index in [1.807, 2.05) is 0 Å². The summed E-state index contributed by atoms with van der Waals surface area (Å²) in [6, 6.07) is 0. The fourth-order valence-corrected chi connectivity index (χ4v) is 5.07. The average Bonchev–Trinajstić information content (AvgIpc) is 3.00. The van der Waals surface area contributed by atoms with Crippen molar-refractivity contribution in [3.05, 3.63) is 0 Å². The van der Waals surface area contributed by atoms with Crippen molar-refractivity contribution >= 4 is 0 Å². The van der Waals surface area contributed by atoms with E-state index in [1.54, 1.807) is 0 Å². The molecule has 2 bridgehead atoms. The number of rotatable bonds is 3. The second-order valence-electron chi connectivity index (χ2n) is 6.66. The summed E-state index contributed by atoms with van der Waals surface area (Å²) in [5.41, 5.74) is 5.42. The van der Waals surface area contributed by atoms with Crippen LogP contribution in [0.25, 0.3) is 0 Å². The molecule has 1 aliphatic carbocycles. The molecule has 2 saturated heterocycles. The molecule has 3 nitrogen and oxygen atoms in total. The summed E-state index contributed by atoms with van der Waals surface area (Å²) in [7, 11) is 0. The minimum atomic E-state index is -0.575. The van der Waals surface area contributed by atoms with Gasteiger partial charge in [0.2, 0.25) is 0 Å². The monoisotopic (exact) mass is 253 g/mol. The standard InChI is InChI=1S/C15H27NO2/c1-2-11-5-3-4-8-15(11,17)14(10-16)9-12-6-7-13(14)18-12/h11-13,17H,2-10,16H2,1H3. The van der Waals surface area contributed by atoms with Crippen LogP contribution in [-0.4, -0.2) is 29.5 Å². The average molecular weight is 253 g/mol. The maximum absolute atomic E-state index is 11.4. The first-order chi connectivity index (χ1) is 8.66. The van der Waals surface area contributed by atoms with E-state index < -0.39 is 5.60 Å². The smallest absolute Gasteiger partial charge is 0.0769 e. The Morgan fingerprint density at radius 2 is 2.11 bits per heavy atom. The highest BCUT2D eigenvalue weighted by Crippen LogP contribution is 2.58. The summed E-state index contributed by atoms with van der Waals surface area (Å²) < 4.78 is 6.05. The normalized spacial score (nSPS) is 51.8. The van der Waals surface area contributed by atoms with Gasteiger partial charge in [-0.3, -0.25) is 0 Å². The molecular formula is C15H27NO2. The molecule has 3 rings (SSSR count). The largest absolute Gasteiger partial charge is 0.389 e. The molecule has 0 spiro atoms. The molecule has 0 aromatic heterocycles. The Hall–Kier alpha value is -0.120. The van der Waals surface area contributed by atoms with Gasteiger partial charge in [0, 0.05) is 12.0 Å². The minimum absolute atomic E-state index is 0.156. The molecule has 3 aliphatic rings. The number of fused-ring (bicyclic) bond motifs is 2. The van der Waals surface area contributed by atoms with Gasteiger partial charge in [0.15, 0.2) is 0 Å². The van der Waals surface area contributed by atoms with E-state index in [9.17, 15) is 5.11 Å². The predicted molar refractivity (Wildman–Crippen MR) is 71.2 cm³/mol. The van der Waals surface area contributed by atoms with E-state index in [-0.39, 0.29) is 11.5 Å². The third-order valence-corrected chi connectivity index (χ3v) is 6.07. The molecule has 0 radical (unpaired) electrons. The Balaban J connectivity index is 1.94. The first kappa shape index (κ1) is 12.9. The van der Waals surface area contributed by atoms with Gasteiger partial charge >= 0.3 is 0 Å². The first-order valence-electron chi connectivity index (χ1n) is 7.74. The maximum atomic E-state index is 11.4. The molecule has 0 aromatic carbocycles. The zero-order chi connectivity index (χ0) is 12.8. The lowest BCUT2D eigenvalue weighted by atomic mass is 9.54. The van der Waals surface area contributed by atoms with Crippen molar-refractivity contribution in [3.63, 3.8) is 0 Å². The van der Waals surface area contributed by atoms with Crippen LogP contribution in [0.4, 0.5) is 0 Å². The molecule has 18 heavy (non-hydrogen) atoms. The summed E-state index contributed by atoms with van der Waals surface area (Å²) >= 11 is 0. The second kappa shape index (κ2) is 4.46. The Labute approximate surface area is 110 Å². The van der Waals surface area contributed by atoms with Gasteiger partial charge in [-0.05, 0) is 38.0 Å². The van der Waals surface area contributed by atoms with Gasteiger partial charge in [0.25, 0.3) is 0 Å². The zero-order valence-corrected chi connectivity index (χ0v) is 11.5. The van der Waals surface area contributed by atoms with E-state index in [1.165, 1.54) is 12.8 Å². The highest BCUT2D eigenvalue weighted by Gasteiger charge is 2.64. The highest BCUT2D eigenvalue weighted by molar-refractivity contribution is 5.14. The van der Waals surface area contributed by atoms with E-state index in [0.29, 0.717) is 18.6 Å². The summed E-state index contributed by atoms with van der Waals surface area (Å²) in [5, 5.41) is 11.4. The van der Waals surface area contributed by atoms with E-state index in [0.717, 1.165) is 38.5 Å². The summed E-state index contributed by atoms with van der Waals surface area (Å²) in [6.07, 6.45) is 9.38. The van der Waals surface area contributed by atoms with Gasteiger partial charge in [-0.25, -0.2) is 0 Å². The third kappa shape index (κ3) is 1.53. The van der Waals surface area contributed by atoms with Crippen LogP contribution < -0.4 is 5.73 Å². The van der Waals surface area contributed by atoms with Crippen LogP contribution in [-0.2, 0) is 4.74 Å². The predicted octanol–water partition coefficient (Wildman–Crippen LogP) is 2.21. The fraction of sp³-hybridized carbons (Fsp3) is 1.00. The molecule has 2 aliphatic heterocycles. The first-order valence-corrected chi connectivity index (χ1v) is 7.74. The van der Waals surface area contributed by atoms with Crippen LogP contribution in [0.3, 0.4) is 0 Å². The molecule has 0 aromatic rings. The quantitative estimate of drug-likeness (QED) is 0.811. The minimum Gasteiger partial charge on any atom is -0.389 e. The lowest BCUT2D eigenvalue weighted by Crippen LogP contribution is -2.62. The maximum Gasteiger partial charge on any atom is 0.0769 e. The molecule has 104 valence electrons. The Kier molecular flexibility index (Phi) is 3.20. The number of hydrogen-bond donors (Lipinski definition) is 2. The van der Waals surface area contributed by atoms with Crippen molar-refractivity contribution in [3.8, 4) is 0 Å². The summed E-state index contributed by atoms with van der Waals surface area (Å²) in [6.45, 7) is 2.79. The van der Waals surface area contributed by atoms with Gasteiger partial charge in [-0.2, -0.15) is 0 Å². The highest BCUT2D eigenvalue weighted by atomic mass is 16.5. The molecule has 0 amide bonds. The van der Waals surface area contributed by atoms with Gasteiger partial charge in [-0.1, -0.05) is 26.2 Å². The van der Waals surface area contributed by atoms with Crippen LogP contribution >= 0.6 is 0 Å². The Morgan fingerprint density at radius 3 is 2.67 bits per heavy atom. The topological polar surface area (TPSA) is 55.5 Å². The van der Waals surface area contributed by atoms with Gasteiger partial charge in [-0.15, -0.1) is 0 Å².